The number of hydrogen-bond acceptors (Lipinski definition) is 4. The third-order valence-electron chi connectivity index (χ3n) is 1.66. The quantitative estimate of drug-likeness (QED) is 0.815. The first-order valence-electron chi connectivity index (χ1n) is 3.88. The molecule has 2 aromatic heterocycles. The van der Waals surface area contributed by atoms with Gasteiger partial charge in [-0.2, -0.15) is 0 Å². The van der Waals surface area contributed by atoms with E-state index in [0.29, 0.717) is 5.69 Å². The highest BCUT2D eigenvalue weighted by Gasteiger charge is 2.06. The fraction of sp³-hybridized carbons (Fsp3) is 0. The summed E-state index contributed by atoms with van der Waals surface area (Å²) >= 11 is 1.54. The van der Waals surface area contributed by atoms with Crippen molar-refractivity contribution in [3.8, 4) is 10.6 Å². The SMILES string of the molecule is O=C(O)c1ccc(-c2cccs2)nn1. The summed E-state index contributed by atoms with van der Waals surface area (Å²) < 4.78 is 0. The summed E-state index contributed by atoms with van der Waals surface area (Å²) in [7, 11) is 0. The van der Waals surface area contributed by atoms with Gasteiger partial charge in [0.1, 0.15) is 5.69 Å². The van der Waals surface area contributed by atoms with Crippen LogP contribution in [0.15, 0.2) is 29.6 Å². The van der Waals surface area contributed by atoms with Crippen LogP contribution in [0.2, 0.25) is 0 Å². The van der Waals surface area contributed by atoms with Gasteiger partial charge in [-0.05, 0) is 23.6 Å². The molecule has 14 heavy (non-hydrogen) atoms. The van der Waals surface area contributed by atoms with Crippen LogP contribution < -0.4 is 0 Å². The van der Waals surface area contributed by atoms with Crippen LogP contribution in [0.5, 0.6) is 0 Å². The van der Waals surface area contributed by atoms with E-state index in [1.165, 1.54) is 6.07 Å². The molecule has 2 heterocycles. The van der Waals surface area contributed by atoms with Gasteiger partial charge in [-0.3, -0.25) is 0 Å². The van der Waals surface area contributed by atoms with E-state index in [2.05, 4.69) is 10.2 Å². The van der Waals surface area contributed by atoms with Gasteiger partial charge in [-0.15, -0.1) is 21.5 Å². The minimum atomic E-state index is -1.06. The van der Waals surface area contributed by atoms with Gasteiger partial charge in [0.05, 0.1) is 4.88 Å². The summed E-state index contributed by atoms with van der Waals surface area (Å²) in [4.78, 5) is 11.5. The van der Waals surface area contributed by atoms with E-state index in [9.17, 15) is 4.79 Å². The summed E-state index contributed by atoms with van der Waals surface area (Å²) in [5.74, 6) is -1.06. The summed E-state index contributed by atoms with van der Waals surface area (Å²) in [5, 5.41) is 18.0. The standard InChI is InChI=1S/C9H6N2O2S/c12-9(13)7-4-3-6(10-11-7)8-2-1-5-14-8/h1-5H,(H,12,13). The third kappa shape index (κ3) is 1.62. The second-order valence-corrected chi connectivity index (χ2v) is 3.53. The van der Waals surface area contributed by atoms with Crippen molar-refractivity contribution in [2.75, 3.05) is 0 Å². The summed E-state index contributed by atoms with van der Waals surface area (Å²) in [6.45, 7) is 0. The van der Waals surface area contributed by atoms with Crippen molar-refractivity contribution in [1.29, 1.82) is 0 Å². The van der Waals surface area contributed by atoms with Crippen molar-refractivity contribution < 1.29 is 9.90 Å². The number of nitrogens with zero attached hydrogens (tertiary/aromatic N) is 2. The summed E-state index contributed by atoms with van der Waals surface area (Å²) in [6, 6.07) is 6.93. The van der Waals surface area contributed by atoms with E-state index in [1.54, 1.807) is 17.4 Å². The molecule has 70 valence electrons. The summed E-state index contributed by atoms with van der Waals surface area (Å²) in [5.41, 5.74) is 0.662. The third-order valence-corrected chi connectivity index (χ3v) is 2.55. The molecule has 0 radical (unpaired) electrons. The molecule has 5 heteroatoms. The van der Waals surface area contributed by atoms with Crippen molar-refractivity contribution >= 4 is 17.3 Å². The molecular weight excluding hydrogens is 200 g/mol. The maximum atomic E-state index is 10.5. The van der Waals surface area contributed by atoms with Crippen molar-refractivity contribution in [2.24, 2.45) is 0 Å². The number of hydrogen-bond donors (Lipinski definition) is 1. The van der Waals surface area contributed by atoms with Crippen LogP contribution in [-0.2, 0) is 0 Å². The average molecular weight is 206 g/mol. The predicted octanol–water partition coefficient (Wildman–Crippen LogP) is 1.90. The van der Waals surface area contributed by atoms with E-state index >= 15 is 0 Å². The fourth-order valence-corrected chi connectivity index (χ4v) is 1.69. The zero-order chi connectivity index (χ0) is 9.97. The summed E-state index contributed by atoms with van der Waals surface area (Å²) in [6.07, 6.45) is 0. The highest BCUT2D eigenvalue weighted by molar-refractivity contribution is 7.13. The Morgan fingerprint density at radius 3 is 2.64 bits per heavy atom. The minimum absolute atomic E-state index is 0.0368. The van der Waals surface area contributed by atoms with Gasteiger partial charge in [-0.1, -0.05) is 6.07 Å². The van der Waals surface area contributed by atoms with Crippen LogP contribution in [0.4, 0.5) is 0 Å². The van der Waals surface area contributed by atoms with Gasteiger partial charge in [0.15, 0.2) is 5.69 Å². The molecule has 2 aromatic rings. The highest BCUT2D eigenvalue weighted by atomic mass is 32.1. The number of aromatic nitrogens is 2. The van der Waals surface area contributed by atoms with Gasteiger partial charge in [-0.25, -0.2) is 4.79 Å². The monoisotopic (exact) mass is 206 g/mol. The van der Waals surface area contributed by atoms with Gasteiger partial charge in [0.25, 0.3) is 0 Å². The average Bonchev–Trinajstić information content (AvgIpc) is 2.71. The molecule has 0 bridgehead atoms. The Kier molecular flexibility index (Phi) is 2.24. The molecule has 0 aliphatic rings. The van der Waals surface area contributed by atoms with Gasteiger partial charge in [0.2, 0.25) is 0 Å². The highest BCUT2D eigenvalue weighted by Crippen LogP contribution is 2.21. The van der Waals surface area contributed by atoms with Crippen LogP contribution in [0.3, 0.4) is 0 Å². The minimum Gasteiger partial charge on any atom is -0.476 e. The Bertz CT molecular complexity index is 436. The number of rotatable bonds is 2. The Hall–Kier alpha value is -1.75. The first-order valence-corrected chi connectivity index (χ1v) is 4.76. The van der Waals surface area contributed by atoms with Crippen LogP contribution in [0, 0.1) is 0 Å². The Balaban J connectivity index is 2.36. The number of carboxylic acids is 1. The Morgan fingerprint density at radius 2 is 2.14 bits per heavy atom. The predicted molar refractivity (Wildman–Crippen MR) is 52.3 cm³/mol. The zero-order valence-corrected chi connectivity index (χ0v) is 7.86. The second-order valence-electron chi connectivity index (χ2n) is 2.59. The fourth-order valence-electron chi connectivity index (χ4n) is 1.00. The molecule has 0 fully saturated rings. The van der Waals surface area contributed by atoms with Crippen molar-refractivity contribution in [1.82, 2.24) is 10.2 Å². The van der Waals surface area contributed by atoms with E-state index in [0.717, 1.165) is 4.88 Å². The molecule has 0 amide bonds. The number of thiophene rings is 1. The molecule has 0 unspecified atom stereocenters. The van der Waals surface area contributed by atoms with Crippen molar-refractivity contribution in [2.45, 2.75) is 0 Å². The lowest BCUT2D eigenvalue weighted by molar-refractivity contribution is 0.0689. The zero-order valence-electron chi connectivity index (χ0n) is 7.04. The lowest BCUT2D eigenvalue weighted by Crippen LogP contribution is -2.01. The molecule has 4 nitrogen and oxygen atoms in total. The van der Waals surface area contributed by atoms with Crippen molar-refractivity contribution in [3.05, 3.63) is 35.3 Å². The molecule has 0 aliphatic heterocycles. The topological polar surface area (TPSA) is 63.1 Å². The first-order chi connectivity index (χ1) is 6.77. The normalized spacial score (nSPS) is 10.0. The molecule has 2 rings (SSSR count). The van der Waals surface area contributed by atoms with Crippen molar-refractivity contribution in [3.63, 3.8) is 0 Å². The Labute approximate surface area is 83.9 Å². The Morgan fingerprint density at radius 1 is 1.29 bits per heavy atom. The largest absolute Gasteiger partial charge is 0.476 e. The van der Waals surface area contributed by atoms with Crippen LogP contribution >= 0.6 is 11.3 Å². The lowest BCUT2D eigenvalue weighted by Gasteiger charge is -1.95. The van der Waals surface area contributed by atoms with Crippen LogP contribution in [0.25, 0.3) is 10.6 Å². The van der Waals surface area contributed by atoms with Crippen LogP contribution in [-0.4, -0.2) is 21.3 Å². The molecule has 1 N–H and O–H groups in total. The maximum Gasteiger partial charge on any atom is 0.356 e. The van der Waals surface area contributed by atoms with Gasteiger partial charge < -0.3 is 5.11 Å². The lowest BCUT2D eigenvalue weighted by atomic mass is 10.3. The van der Waals surface area contributed by atoms with Gasteiger partial charge >= 0.3 is 5.97 Å². The van der Waals surface area contributed by atoms with E-state index in [-0.39, 0.29) is 5.69 Å². The molecule has 0 atom stereocenters. The first kappa shape index (κ1) is 8.83. The molecular formula is C9H6N2O2S. The van der Waals surface area contributed by atoms with E-state index in [4.69, 9.17) is 5.11 Å². The molecule has 0 aliphatic carbocycles. The molecule has 0 saturated heterocycles. The molecule has 0 spiro atoms. The number of aromatic carboxylic acids is 1. The maximum absolute atomic E-state index is 10.5. The molecule has 0 aromatic carbocycles. The second kappa shape index (κ2) is 3.55. The van der Waals surface area contributed by atoms with E-state index < -0.39 is 5.97 Å². The smallest absolute Gasteiger partial charge is 0.356 e. The number of carboxylic acid groups (broad SMARTS) is 1. The number of carbonyl (C=O) groups is 1. The van der Waals surface area contributed by atoms with E-state index in [1.807, 2.05) is 17.5 Å². The molecule has 0 saturated carbocycles. The van der Waals surface area contributed by atoms with Crippen LogP contribution in [0.1, 0.15) is 10.5 Å². The van der Waals surface area contributed by atoms with Gasteiger partial charge in [0, 0.05) is 0 Å².